The summed E-state index contributed by atoms with van der Waals surface area (Å²) in [6.07, 6.45) is 2.35. The molecule has 31 heavy (non-hydrogen) atoms. The zero-order valence-corrected chi connectivity index (χ0v) is 18.5. The quantitative estimate of drug-likeness (QED) is 0.327. The Morgan fingerprint density at radius 3 is 2.81 bits per heavy atom. The van der Waals surface area contributed by atoms with Gasteiger partial charge >= 0.3 is 0 Å². The van der Waals surface area contributed by atoms with E-state index in [1.807, 2.05) is 37.3 Å². The second-order valence-corrected chi connectivity index (χ2v) is 7.44. The summed E-state index contributed by atoms with van der Waals surface area (Å²) in [6, 6.07) is 14.0. The van der Waals surface area contributed by atoms with Crippen LogP contribution in [0.3, 0.4) is 0 Å². The van der Waals surface area contributed by atoms with Gasteiger partial charge in [-0.1, -0.05) is 24.3 Å². The van der Waals surface area contributed by atoms with Crippen LogP contribution >= 0.6 is 0 Å². The summed E-state index contributed by atoms with van der Waals surface area (Å²) < 4.78 is 11.0. The molecule has 0 bridgehead atoms. The number of ether oxygens (including phenoxy) is 2. The third-order valence-corrected chi connectivity index (χ3v) is 5.31. The Hall–Kier alpha value is -3.22. The maximum atomic E-state index is 12.0. The third-order valence-electron chi connectivity index (χ3n) is 5.31. The number of rotatable bonds is 9. The molecule has 2 aromatic rings. The molecule has 3 N–H and O–H groups in total. The van der Waals surface area contributed by atoms with Crippen molar-refractivity contribution in [1.29, 1.82) is 0 Å². The van der Waals surface area contributed by atoms with Crippen molar-refractivity contribution in [2.24, 2.45) is 4.99 Å². The summed E-state index contributed by atoms with van der Waals surface area (Å²) in [4.78, 5) is 16.3. The van der Waals surface area contributed by atoms with Crippen LogP contribution in [0.15, 0.2) is 47.5 Å². The maximum Gasteiger partial charge on any atom is 0.225 e. The number of guanidine groups is 1. The summed E-state index contributed by atoms with van der Waals surface area (Å²) >= 11 is 0. The number of fused-ring (bicyclic) bond motifs is 1. The van der Waals surface area contributed by atoms with Crippen molar-refractivity contribution in [2.45, 2.75) is 32.1 Å². The normalized spacial score (nSPS) is 15.6. The van der Waals surface area contributed by atoms with Crippen LogP contribution in [-0.2, 0) is 11.2 Å². The first-order valence-electron chi connectivity index (χ1n) is 10.8. The van der Waals surface area contributed by atoms with Crippen molar-refractivity contribution in [3.63, 3.8) is 0 Å². The number of para-hydroxylation sites is 1. The summed E-state index contributed by atoms with van der Waals surface area (Å²) in [6.45, 7) is 4.02. The molecule has 1 aliphatic heterocycles. The SMILES string of the molecule is CCOc1cc(CCCNC(=NC)NCC2CC(=O)Nc3ccccc32)ccc1OC. The molecule has 1 atom stereocenters. The number of carbonyl (C=O) groups excluding carboxylic acids is 1. The Kier molecular flexibility index (Phi) is 8.15. The van der Waals surface area contributed by atoms with E-state index >= 15 is 0 Å². The molecular formula is C24H32N4O3. The van der Waals surface area contributed by atoms with Crippen LogP contribution in [0.2, 0.25) is 0 Å². The molecule has 3 rings (SSSR count). The van der Waals surface area contributed by atoms with E-state index in [-0.39, 0.29) is 11.8 Å². The number of aliphatic imine (C=N–C) groups is 1. The van der Waals surface area contributed by atoms with Gasteiger partial charge < -0.3 is 25.4 Å². The highest BCUT2D eigenvalue weighted by atomic mass is 16.5. The van der Waals surface area contributed by atoms with E-state index in [2.05, 4.69) is 33.1 Å². The zero-order valence-electron chi connectivity index (χ0n) is 18.5. The van der Waals surface area contributed by atoms with Gasteiger partial charge in [0.15, 0.2) is 17.5 Å². The predicted molar refractivity (Wildman–Crippen MR) is 124 cm³/mol. The Labute approximate surface area is 184 Å². The first kappa shape index (κ1) is 22.5. The van der Waals surface area contributed by atoms with Gasteiger partial charge in [-0.2, -0.15) is 0 Å². The molecule has 0 aliphatic carbocycles. The number of methoxy groups -OCH3 is 1. The summed E-state index contributed by atoms with van der Waals surface area (Å²) in [5.41, 5.74) is 3.27. The van der Waals surface area contributed by atoms with E-state index in [1.54, 1.807) is 14.2 Å². The van der Waals surface area contributed by atoms with Gasteiger partial charge in [0, 0.05) is 38.2 Å². The second-order valence-electron chi connectivity index (χ2n) is 7.44. The van der Waals surface area contributed by atoms with Gasteiger partial charge in [-0.15, -0.1) is 0 Å². The molecule has 2 aromatic carbocycles. The fourth-order valence-corrected chi connectivity index (χ4v) is 3.77. The van der Waals surface area contributed by atoms with E-state index in [4.69, 9.17) is 9.47 Å². The number of hydrogen-bond acceptors (Lipinski definition) is 4. The van der Waals surface area contributed by atoms with Gasteiger partial charge in [0.1, 0.15) is 0 Å². The van der Waals surface area contributed by atoms with E-state index in [9.17, 15) is 4.79 Å². The lowest BCUT2D eigenvalue weighted by molar-refractivity contribution is -0.116. The molecule has 7 nitrogen and oxygen atoms in total. The van der Waals surface area contributed by atoms with Crippen LogP contribution < -0.4 is 25.4 Å². The van der Waals surface area contributed by atoms with Gasteiger partial charge in [-0.05, 0) is 49.1 Å². The summed E-state index contributed by atoms with van der Waals surface area (Å²) in [7, 11) is 3.41. The van der Waals surface area contributed by atoms with Crippen LogP contribution in [0.25, 0.3) is 0 Å². The highest BCUT2D eigenvalue weighted by molar-refractivity contribution is 5.94. The number of benzene rings is 2. The first-order chi connectivity index (χ1) is 15.1. The molecule has 1 heterocycles. The van der Waals surface area contributed by atoms with Crippen LogP contribution in [0, 0.1) is 0 Å². The molecule has 0 fully saturated rings. The lowest BCUT2D eigenvalue weighted by Crippen LogP contribution is -2.41. The molecule has 0 radical (unpaired) electrons. The lowest BCUT2D eigenvalue weighted by atomic mass is 9.90. The summed E-state index contributed by atoms with van der Waals surface area (Å²) in [5, 5.41) is 9.66. The minimum absolute atomic E-state index is 0.0550. The smallest absolute Gasteiger partial charge is 0.225 e. The molecular weight excluding hydrogens is 392 g/mol. The third kappa shape index (κ3) is 6.13. The van der Waals surface area contributed by atoms with Gasteiger partial charge in [-0.3, -0.25) is 9.79 Å². The highest BCUT2D eigenvalue weighted by Gasteiger charge is 2.24. The van der Waals surface area contributed by atoms with Gasteiger partial charge in [-0.25, -0.2) is 0 Å². The standard InChI is InChI=1S/C24H32N4O3/c1-4-31-22-14-17(11-12-21(22)30-3)8-7-13-26-24(25-2)27-16-18-15-23(29)28-20-10-6-5-9-19(18)20/h5-6,9-12,14,18H,4,7-8,13,15-16H2,1-3H3,(H,28,29)(H2,25,26,27). The second kappa shape index (κ2) is 11.2. The van der Waals surface area contributed by atoms with Crippen LogP contribution in [-0.4, -0.2) is 45.7 Å². The van der Waals surface area contributed by atoms with Crippen LogP contribution in [0.5, 0.6) is 11.5 Å². The summed E-state index contributed by atoms with van der Waals surface area (Å²) in [5.74, 6) is 2.46. The number of nitrogens with zero attached hydrogens (tertiary/aromatic N) is 1. The van der Waals surface area contributed by atoms with E-state index < -0.39 is 0 Å². The Morgan fingerprint density at radius 2 is 2.03 bits per heavy atom. The molecule has 0 saturated heterocycles. The van der Waals surface area contributed by atoms with Crippen molar-refractivity contribution in [3.8, 4) is 11.5 Å². The number of hydrogen-bond donors (Lipinski definition) is 3. The predicted octanol–water partition coefficient (Wildman–Crippen LogP) is 3.32. The van der Waals surface area contributed by atoms with E-state index in [0.717, 1.165) is 48.1 Å². The number of amides is 1. The molecule has 0 saturated carbocycles. The topological polar surface area (TPSA) is 84.0 Å². The first-order valence-corrected chi connectivity index (χ1v) is 10.8. The number of nitrogens with one attached hydrogen (secondary N) is 3. The van der Waals surface area contributed by atoms with Crippen molar-refractivity contribution in [1.82, 2.24) is 10.6 Å². The minimum atomic E-state index is 0.0550. The number of anilines is 1. The monoisotopic (exact) mass is 424 g/mol. The number of aryl methyl sites for hydroxylation is 1. The molecule has 166 valence electrons. The molecule has 0 aromatic heterocycles. The average molecular weight is 425 g/mol. The van der Waals surface area contributed by atoms with E-state index in [1.165, 1.54) is 5.56 Å². The zero-order chi connectivity index (χ0) is 22.1. The number of carbonyl (C=O) groups is 1. The average Bonchev–Trinajstić information content (AvgIpc) is 2.78. The van der Waals surface area contributed by atoms with Crippen molar-refractivity contribution in [3.05, 3.63) is 53.6 Å². The van der Waals surface area contributed by atoms with Gasteiger partial charge in [0.25, 0.3) is 0 Å². The fraction of sp³-hybridized carbons (Fsp3) is 0.417. The Bertz CT molecular complexity index is 913. The van der Waals surface area contributed by atoms with Crippen molar-refractivity contribution < 1.29 is 14.3 Å². The van der Waals surface area contributed by atoms with E-state index in [0.29, 0.717) is 19.6 Å². The maximum absolute atomic E-state index is 12.0. The Balaban J connectivity index is 1.46. The van der Waals surface area contributed by atoms with Gasteiger partial charge in [0.05, 0.1) is 13.7 Å². The molecule has 1 amide bonds. The van der Waals surface area contributed by atoms with Crippen molar-refractivity contribution >= 4 is 17.6 Å². The molecule has 1 aliphatic rings. The largest absolute Gasteiger partial charge is 0.493 e. The molecule has 1 unspecified atom stereocenters. The fourth-order valence-electron chi connectivity index (χ4n) is 3.77. The lowest BCUT2D eigenvalue weighted by Gasteiger charge is -2.26. The van der Waals surface area contributed by atoms with Crippen LogP contribution in [0.4, 0.5) is 5.69 Å². The molecule has 7 heteroatoms. The highest BCUT2D eigenvalue weighted by Crippen LogP contribution is 2.31. The minimum Gasteiger partial charge on any atom is -0.493 e. The molecule has 0 spiro atoms. The van der Waals surface area contributed by atoms with Crippen LogP contribution in [0.1, 0.15) is 36.8 Å². The Morgan fingerprint density at radius 1 is 1.19 bits per heavy atom. The van der Waals surface area contributed by atoms with Crippen molar-refractivity contribution in [2.75, 3.05) is 39.2 Å². The van der Waals surface area contributed by atoms with Gasteiger partial charge in [0.2, 0.25) is 5.91 Å².